The van der Waals surface area contributed by atoms with Crippen LogP contribution in [0, 0.1) is 0 Å². The van der Waals surface area contributed by atoms with Gasteiger partial charge >= 0.3 is 5.97 Å². The highest BCUT2D eigenvalue weighted by Crippen LogP contribution is 2.20. The summed E-state index contributed by atoms with van der Waals surface area (Å²) in [5.74, 6) is -0.877. The number of carbonyl (C=O) groups is 1. The van der Waals surface area contributed by atoms with Crippen LogP contribution in [-0.4, -0.2) is 30.2 Å². The molecular weight excluding hydrogens is 216 g/mol. The lowest BCUT2D eigenvalue weighted by atomic mass is 10.1. The summed E-state index contributed by atoms with van der Waals surface area (Å²) in [5.41, 5.74) is 7.26. The molecule has 4 heteroatoms. The van der Waals surface area contributed by atoms with Crippen molar-refractivity contribution in [3.8, 4) is 0 Å². The fourth-order valence-electron chi connectivity index (χ4n) is 2.22. The highest BCUT2D eigenvalue weighted by Gasteiger charge is 2.15. The van der Waals surface area contributed by atoms with Crippen LogP contribution in [0.5, 0.6) is 0 Å². The Morgan fingerprint density at radius 2 is 2.18 bits per heavy atom. The molecule has 17 heavy (non-hydrogen) atoms. The topological polar surface area (TPSA) is 66.6 Å². The van der Waals surface area contributed by atoms with Crippen LogP contribution in [0.2, 0.25) is 0 Å². The number of rotatable bonds is 2. The van der Waals surface area contributed by atoms with Crippen LogP contribution in [0.25, 0.3) is 0 Å². The van der Waals surface area contributed by atoms with Crippen molar-refractivity contribution in [3.63, 3.8) is 0 Å². The molecule has 0 saturated carbocycles. The average Bonchev–Trinajstić information content (AvgIpc) is 2.54. The Labute approximate surface area is 101 Å². The molecule has 0 aliphatic carbocycles. The Morgan fingerprint density at radius 1 is 1.35 bits per heavy atom. The maximum absolute atomic E-state index is 10.9. The van der Waals surface area contributed by atoms with Crippen molar-refractivity contribution in [2.45, 2.75) is 25.3 Å². The zero-order valence-electron chi connectivity index (χ0n) is 9.80. The second-order valence-electron chi connectivity index (χ2n) is 4.53. The number of carboxylic acid groups (broad SMARTS) is 1. The molecule has 0 spiro atoms. The molecule has 3 N–H and O–H groups in total. The predicted molar refractivity (Wildman–Crippen MR) is 67.4 cm³/mol. The largest absolute Gasteiger partial charge is 0.478 e. The zero-order valence-corrected chi connectivity index (χ0v) is 9.80. The maximum atomic E-state index is 10.9. The second-order valence-corrected chi connectivity index (χ2v) is 4.53. The van der Waals surface area contributed by atoms with E-state index in [1.807, 2.05) is 6.07 Å². The quantitative estimate of drug-likeness (QED) is 0.817. The number of carboxylic acids is 1. The van der Waals surface area contributed by atoms with Crippen LogP contribution in [0.3, 0.4) is 0 Å². The molecule has 1 saturated heterocycles. The molecule has 1 atom stereocenters. The van der Waals surface area contributed by atoms with Crippen LogP contribution in [0.15, 0.2) is 24.3 Å². The van der Waals surface area contributed by atoms with Gasteiger partial charge in [0.05, 0.1) is 5.56 Å². The first-order valence-corrected chi connectivity index (χ1v) is 6.00. The Hall–Kier alpha value is -1.55. The van der Waals surface area contributed by atoms with Crippen molar-refractivity contribution in [3.05, 3.63) is 29.8 Å². The van der Waals surface area contributed by atoms with Crippen LogP contribution in [0.4, 0.5) is 5.69 Å². The summed E-state index contributed by atoms with van der Waals surface area (Å²) in [4.78, 5) is 13.1. The lowest BCUT2D eigenvalue weighted by Gasteiger charge is -2.23. The molecule has 2 rings (SSSR count). The van der Waals surface area contributed by atoms with Gasteiger partial charge in [-0.1, -0.05) is 6.07 Å². The van der Waals surface area contributed by atoms with Crippen LogP contribution in [-0.2, 0) is 0 Å². The molecule has 1 aromatic carbocycles. The Morgan fingerprint density at radius 3 is 2.94 bits per heavy atom. The van der Waals surface area contributed by atoms with E-state index in [9.17, 15) is 4.79 Å². The summed E-state index contributed by atoms with van der Waals surface area (Å²) in [6, 6.07) is 7.39. The first-order valence-electron chi connectivity index (χ1n) is 6.00. The van der Waals surface area contributed by atoms with Crippen molar-refractivity contribution >= 4 is 11.7 Å². The number of nitrogens with zero attached hydrogens (tertiary/aromatic N) is 1. The number of nitrogens with two attached hydrogens (primary N) is 1. The maximum Gasteiger partial charge on any atom is 0.335 e. The molecule has 92 valence electrons. The summed E-state index contributed by atoms with van der Waals surface area (Å²) in [6.07, 6.45) is 3.09. The minimum atomic E-state index is -0.877. The highest BCUT2D eigenvalue weighted by molar-refractivity contribution is 5.88. The summed E-state index contributed by atoms with van der Waals surface area (Å²) in [6.45, 7) is 1.86. The third kappa shape index (κ3) is 2.97. The number of hydrogen-bond acceptors (Lipinski definition) is 3. The molecule has 0 radical (unpaired) electrons. The Kier molecular flexibility index (Phi) is 3.64. The van der Waals surface area contributed by atoms with Gasteiger partial charge in [-0.2, -0.15) is 0 Å². The van der Waals surface area contributed by atoms with Gasteiger partial charge in [-0.25, -0.2) is 4.79 Å². The van der Waals surface area contributed by atoms with Crippen LogP contribution < -0.4 is 10.6 Å². The third-order valence-electron chi connectivity index (χ3n) is 3.23. The van der Waals surface area contributed by atoms with Crippen LogP contribution >= 0.6 is 0 Å². The number of benzene rings is 1. The molecule has 1 unspecified atom stereocenters. The molecule has 1 fully saturated rings. The van der Waals surface area contributed by atoms with Gasteiger partial charge in [0.25, 0.3) is 0 Å². The number of anilines is 1. The van der Waals surface area contributed by atoms with Crippen molar-refractivity contribution in [2.24, 2.45) is 5.73 Å². The SMILES string of the molecule is NC1CCCN(c2cccc(C(=O)O)c2)CC1. The molecule has 1 aliphatic heterocycles. The summed E-state index contributed by atoms with van der Waals surface area (Å²) in [5, 5.41) is 8.97. The van der Waals surface area contributed by atoms with E-state index in [1.165, 1.54) is 0 Å². The summed E-state index contributed by atoms with van der Waals surface area (Å²) in [7, 11) is 0. The molecule has 0 bridgehead atoms. The molecule has 4 nitrogen and oxygen atoms in total. The highest BCUT2D eigenvalue weighted by atomic mass is 16.4. The first-order chi connectivity index (χ1) is 8.16. The van der Waals surface area contributed by atoms with E-state index in [0.717, 1.165) is 38.0 Å². The normalized spacial score (nSPS) is 21.0. The average molecular weight is 234 g/mol. The first kappa shape index (κ1) is 11.9. The van der Waals surface area contributed by atoms with Crippen molar-refractivity contribution in [1.82, 2.24) is 0 Å². The summed E-state index contributed by atoms with van der Waals surface area (Å²) < 4.78 is 0. The van der Waals surface area contributed by atoms with Gasteiger partial charge in [-0.15, -0.1) is 0 Å². The lowest BCUT2D eigenvalue weighted by molar-refractivity contribution is 0.0697. The van der Waals surface area contributed by atoms with Gasteiger partial charge < -0.3 is 15.7 Å². The molecule has 0 aromatic heterocycles. The number of hydrogen-bond donors (Lipinski definition) is 2. The third-order valence-corrected chi connectivity index (χ3v) is 3.23. The van der Waals surface area contributed by atoms with E-state index in [1.54, 1.807) is 18.2 Å². The minimum Gasteiger partial charge on any atom is -0.478 e. The smallest absolute Gasteiger partial charge is 0.335 e. The fourth-order valence-corrected chi connectivity index (χ4v) is 2.22. The van der Waals surface area contributed by atoms with Gasteiger partial charge in [0.2, 0.25) is 0 Å². The lowest BCUT2D eigenvalue weighted by Crippen LogP contribution is -2.26. The van der Waals surface area contributed by atoms with E-state index >= 15 is 0 Å². The van der Waals surface area contributed by atoms with E-state index in [0.29, 0.717) is 5.56 Å². The Balaban J connectivity index is 2.15. The monoisotopic (exact) mass is 234 g/mol. The predicted octanol–water partition coefficient (Wildman–Crippen LogP) is 1.70. The van der Waals surface area contributed by atoms with Gasteiger partial charge in [-0.05, 0) is 37.5 Å². The van der Waals surface area contributed by atoms with Gasteiger partial charge in [-0.3, -0.25) is 0 Å². The zero-order chi connectivity index (χ0) is 12.3. The van der Waals surface area contributed by atoms with E-state index in [4.69, 9.17) is 10.8 Å². The number of aromatic carboxylic acids is 1. The van der Waals surface area contributed by atoms with Crippen molar-refractivity contribution in [1.29, 1.82) is 0 Å². The Bertz CT molecular complexity index is 406. The van der Waals surface area contributed by atoms with E-state index in [-0.39, 0.29) is 6.04 Å². The molecule has 1 aromatic rings. The van der Waals surface area contributed by atoms with E-state index in [2.05, 4.69) is 4.90 Å². The second kappa shape index (κ2) is 5.19. The van der Waals surface area contributed by atoms with Gasteiger partial charge in [0.1, 0.15) is 0 Å². The van der Waals surface area contributed by atoms with Crippen molar-refractivity contribution in [2.75, 3.05) is 18.0 Å². The molecule has 1 heterocycles. The molecule has 0 amide bonds. The van der Waals surface area contributed by atoms with Gasteiger partial charge in [0.15, 0.2) is 0 Å². The molecule has 1 aliphatic rings. The van der Waals surface area contributed by atoms with Crippen LogP contribution in [0.1, 0.15) is 29.6 Å². The van der Waals surface area contributed by atoms with E-state index < -0.39 is 5.97 Å². The van der Waals surface area contributed by atoms with Gasteiger partial charge in [0, 0.05) is 24.8 Å². The summed E-state index contributed by atoms with van der Waals surface area (Å²) >= 11 is 0. The fraction of sp³-hybridized carbons (Fsp3) is 0.462. The molecular formula is C13H18N2O2. The van der Waals surface area contributed by atoms with Crippen molar-refractivity contribution < 1.29 is 9.90 Å². The minimum absolute atomic E-state index is 0.280. The standard InChI is InChI=1S/C13H18N2O2/c14-11-4-2-7-15(8-6-11)12-5-1-3-10(9-12)13(16)17/h1,3,5,9,11H,2,4,6-8,14H2,(H,16,17).